The van der Waals surface area contributed by atoms with Crippen molar-refractivity contribution in [2.24, 2.45) is 11.7 Å². The summed E-state index contributed by atoms with van der Waals surface area (Å²) in [5, 5.41) is 2.91. The summed E-state index contributed by atoms with van der Waals surface area (Å²) in [6.45, 7) is 4.60. The molecular formula is C12H25N3O2. The quantitative estimate of drug-likeness (QED) is 0.608. The number of nitrogens with one attached hydrogen (secondary N) is 1. The molecule has 0 radical (unpaired) electrons. The second-order valence-corrected chi connectivity index (χ2v) is 4.68. The maximum Gasteiger partial charge on any atom is 0.234 e. The fraction of sp³-hybridized carbons (Fsp3) is 0.917. The molecule has 0 bridgehead atoms. The minimum absolute atomic E-state index is 0.110. The molecule has 0 spiro atoms. The molecule has 1 aliphatic rings. The molecule has 0 aromatic rings. The zero-order valence-electron chi connectivity index (χ0n) is 10.8. The van der Waals surface area contributed by atoms with Gasteiger partial charge in [0.15, 0.2) is 0 Å². The largest absolute Gasteiger partial charge is 0.385 e. The highest BCUT2D eigenvalue weighted by Crippen LogP contribution is 2.14. The number of carbonyl (C=O) groups excluding carboxylic acids is 1. The van der Waals surface area contributed by atoms with Gasteiger partial charge >= 0.3 is 0 Å². The number of nitrogens with two attached hydrogens (primary N) is 1. The summed E-state index contributed by atoms with van der Waals surface area (Å²) in [5.74, 6) is 0.670. The highest BCUT2D eigenvalue weighted by Gasteiger charge is 2.20. The summed E-state index contributed by atoms with van der Waals surface area (Å²) < 4.78 is 4.93. The molecule has 17 heavy (non-hydrogen) atoms. The van der Waals surface area contributed by atoms with E-state index in [0.717, 1.165) is 32.5 Å². The molecule has 1 rings (SSSR count). The number of likely N-dealkylation sites (tertiary alicyclic amines) is 1. The lowest BCUT2D eigenvalue weighted by Crippen LogP contribution is -2.44. The fourth-order valence-corrected chi connectivity index (χ4v) is 2.19. The molecule has 1 fully saturated rings. The Morgan fingerprint density at radius 3 is 3.12 bits per heavy atom. The highest BCUT2D eigenvalue weighted by atomic mass is 16.5. The summed E-state index contributed by atoms with van der Waals surface area (Å²) >= 11 is 0. The van der Waals surface area contributed by atoms with E-state index < -0.39 is 0 Å². The molecule has 1 saturated heterocycles. The van der Waals surface area contributed by atoms with Crippen LogP contribution in [0.4, 0.5) is 0 Å². The van der Waals surface area contributed by atoms with Gasteiger partial charge in [0, 0.05) is 26.8 Å². The minimum Gasteiger partial charge on any atom is -0.385 e. The normalized spacial score (nSPS) is 21.4. The van der Waals surface area contributed by atoms with E-state index in [-0.39, 0.29) is 5.91 Å². The molecule has 1 unspecified atom stereocenters. The van der Waals surface area contributed by atoms with Gasteiger partial charge in [0.25, 0.3) is 0 Å². The van der Waals surface area contributed by atoms with Gasteiger partial charge in [-0.3, -0.25) is 9.69 Å². The number of amides is 1. The van der Waals surface area contributed by atoms with Crippen LogP contribution in [-0.4, -0.2) is 57.2 Å². The lowest BCUT2D eigenvalue weighted by molar-refractivity contribution is -0.122. The average Bonchev–Trinajstić information content (AvgIpc) is 2.35. The van der Waals surface area contributed by atoms with Crippen molar-refractivity contribution in [3.05, 3.63) is 0 Å². The topological polar surface area (TPSA) is 67.6 Å². The first-order valence-electron chi connectivity index (χ1n) is 6.44. The first kappa shape index (κ1) is 14.4. The van der Waals surface area contributed by atoms with Gasteiger partial charge in [-0.05, 0) is 38.3 Å². The van der Waals surface area contributed by atoms with Crippen molar-refractivity contribution in [3.8, 4) is 0 Å². The van der Waals surface area contributed by atoms with Crippen LogP contribution in [0.1, 0.15) is 19.3 Å². The molecule has 3 N–H and O–H groups in total. The number of hydrogen-bond donors (Lipinski definition) is 2. The smallest absolute Gasteiger partial charge is 0.234 e. The Hall–Kier alpha value is -0.650. The van der Waals surface area contributed by atoms with Gasteiger partial charge < -0.3 is 15.8 Å². The Balaban J connectivity index is 2.12. The third kappa shape index (κ3) is 6.00. The van der Waals surface area contributed by atoms with Crippen molar-refractivity contribution < 1.29 is 9.53 Å². The molecule has 1 amide bonds. The van der Waals surface area contributed by atoms with Crippen LogP contribution < -0.4 is 11.1 Å². The van der Waals surface area contributed by atoms with Crippen LogP contribution in [0.5, 0.6) is 0 Å². The van der Waals surface area contributed by atoms with Crippen molar-refractivity contribution in [2.75, 3.05) is 46.4 Å². The number of rotatable bonds is 7. The first-order valence-corrected chi connectivity index (χ1v) is 6.44. The summed E-state index contributed by atoms with van der Waals surface area (Å²) in [5.41, 5.74) is 5.67. The monoisotopic (exact) mass is 243 g/mol. The van der Waals surface area contributed by atoms with E-state index in [4.69, 9.17) is 10.5 Å². The van der Waals surface area contributed by atoms with Gasteiger partial charge in [-0.15, -0.1) is 0 Å². The maximum atomic E-state index is 11.6. The van der Waals surface area contributed by atoms with E-state index in [1.54, 1.807) is 7.11 Å². The third-order valence-electron chi connectivity index (χ3n) is 3.15. The zero-order chi connectivity index (χ0) is 12.5. The van der Waals surface area contributed by atoms with Crippen molar-refractivity contribution in [1.82, 2.24) is 10.2 Å². The van der Waals surface area contributed by atoms with Crippen LogP contribution in [0.15, 0.2) is 0 Å². The SMILES string of the molecule is COCCCNC(=O)CN1CCCC(CN)C1. The molecule has 0 aromatic heterocycles. The number of carbonyl (C=O) groups is 1. The molecule has 5 nitrogen and oxygen atoms in total. The van der Waals surface area contributed by atoms with Crippen LogP contribution in [0.3, 0.4) is 0 Å². The van der Waals surface area contributed by atoms with E-state index >= 15 is 0 Å². The third-order valence-corrected chi connectivity index (χ3v) is 3.15. The summed E-state index contributed by atoms with van der Waals surface area (Å²) in [7, 11) is 1.67. The van der Waals surface area contributed by atoms with Gasteiger partial charge in [-0.1, -0.05) is 0 Å². The molecule has 5 heteroatoms. The van der Waals surface area contributed by atoms with E-state index in [0.29, 0.717) is 25.6 Å². The van der Waals surface area contributed by atoms with Gasteiger partial charge in [0.2, 0.25) is 5.91 Å². The first-order chi connectivity index (χ1) is 8.26. The van der Waals surface area contributed by atoms with E-state index in [2.05, 4.69) is 10.2 Å². The van der Waals surface area contributed by atoms with Crippen molar-refractivity contribution >= 4 is 5.91 Å². The predicted octanol–water partition coefficient (Wildman–Crippen LogP) is -0.190. The summed E-state index contributed by atoms with van der Waals surface area (Å²) in [6, 6.07) is 0. The van der Waals surface area contributed by atoms with Crippen molar-refractivity contribution in [3.63, 3.8) is 0 Å². The summed E-state index contributed by atoms with van der Waals surface area (Å²) in [6.07, 6.45) is 3.22. The van der Waals surface area contributed by atoms with Gasteiger partial charge in [-0.25, -0.2) is 0 Å². The minimum atomic E-state index is 0.110. The Kier molecular flexibility index (Phi) is 7.16. The van der Waals surface area contributed by atoms with E-state index in [1.807, 2.05) is 0 Å². The summed E-state index contributed by atoms with van der Waals surface area (Å²) in [4.78, 5) is 13.8. The van der Waals surface area contributed by atoms with E-state index in [1.165, 1.54) is 6.42 Å². The van der Waals surface area contributed by atoms with Crippen LogP contribution in [0.25, 0.3) is 0 Å². The van der Waals surface area contributed by atoms with E-state index in [9.17, 15) is 4.79 Å². The number of nitrogens with zero attached hydrogens (tertiary/aromatic N) is 1. The Morgan fingerprint density at radius 1 is 1.59 bits per heavy atom. The van der Waals surface area contributed by atoms with Crippen LogP contribution in [-0.2, 0) is 9.53 Å². The number of piperidine rings is 1. The van der Waals surface area contributed by atoms with Crippen molar-refractivity contribution in [2.45, 2.75) is 19.3 Å². The highest BCUT2D eigenvalue weighted by molar-refractivity contribution is 5.77. The molecule has 100 valence electrons. The Labute approximate surface area is 104 Å². The van der Waals surface area contributed by atoms with Crippen LogP contribution in [0, 0.1) is 5.92 Å². The standard InChI is InChI=1S/C12H25N3O2/c1-17-7-3-5-14-12(16)10-15-6-2-4-11(8-13)9-15/h11H,2-10,13H2,1H3,(H,14,16). The zero-order valence-corrected chi connectivity index (χ0v) is 10.8. The molecule has 0 saturated carbocycles. The fourth-order valence-electron chi connectivity index (χ4n) is 2.19. The maximum absolute atomic E-state index is 11.6. The lowest BCUT2D eigenvalue weighted by Gasteiger charge is -2.31. The molecule has 0 aliphatic carbocycles. The predicted molar refractivity (Wildman–Crippen MR) is 67.7 cm³/mol. The van der Waals surface area contributed by atoms with Crippen LogP contribution in [0.2, 0.25) is 0 Å². The molecule has 0 aromatic carbocycles. The second-order valence-electron chi connectivity index (χ2n) is 4.68. The van der Waals surface area contributed by atoms with Gasteiger partial charge in [-0.2, -0.15) is 0 Å². The number of methoxy groups -OCH3 is 1. The molecule has 1 aliphatic heterocycles. The van der Waals surface area contributed by atoms with Gasteiger partial charge in [0.05, 0.1) is 6.54 Å². The lowest BCUT2D eigenvalue weighted by atomic mass is 9.98. The van der Waals surface area contributed by atoms with Crippen molar-refractivity contribution in [1.29, 1.82) is 0 Å². The number of ether oxygens (including phenoxy) is 1. The molecule has 1 atom stereocenters. The Bertz CT molecular complexity index is 224. The number of hydrogen-bond acceptors (Lipinski definition) is 4. The Morgan fingerprint density at radius 2 is 2.41 bits per heavy atom. The second kappa shape index (κ2) is 8.44. The average molecular weight is 243 g/mol. The van der Waals surface area contributed by atoms with Gasteiger partial charge in [0.1, 0.15) is 0 Å². The molecular weight excluding hydrogens is 218 g/mol. The molecule has 1 heterocycles. The van der Waals surface area contributed by atoms with Crippen LogP contribution >= 0.6 is 0 Å².